The van der Waals surface area contributed by atoms with Crippen molar-refractivity contribution in [2.45, 2.75) is 38.5 Å². The summed E-state index contributed by atoms with van der Waals surface area (Å²) in [5.74, 6) is 0. The Bertz CT molecular complexity index is 184. The summed E-state index contributed by atoms with van der Waals surface area (Å²) in [7, 11) is 0. The highest BCUT2D eigenvalue weighted by molar-refractivity contribution is 5.14. The molecule has 0 nitrogen and oxygen atoms in total. The lowest BCUT2D eigenvalue weighted by molar-refractivity contribution is 0.761. The second-order valence-electron chi connectivity index (χ2n) is 3.36. The van der Waals surface area contributed by atoms with Gasteiger partial charge in [0.2, 0.25) is 0 Å². The topological polar surface area (TPSA) is 0 Å². The summed E-state index contributed by atoms with van der Waals surface area (Å²) in [4.78, 5) is 0. The Kier molecular flexibility index (Phi) is 4.51. The van der Waals surface area contributed by atoms with Crippen LogP contribution in [0.5, 0.6) is 0 Å². The minimum absolute atomic E-state index is 1.12. The first-order valence-corrected chi connectivity index (χ1v) is 4.89. The van der Waals surface area contributed by atoms with Gasteiger partial charge in [-0.1, -0.05) is 36.5 Å². The Labute approximate surface area is 75.7 Å². The Morgan fingerprint density at radius 1 is 0.917 bits per heavy atom. The highest BCUT2D eigenvalue weighted by atomic mass is 14.0. The first-order chi connectivity index (χ1) is 5.89. The third kappa shape index (κ3) is 4.17. The molecule has 1 aliphatic carbocycles. The predicted molar refractivity (Wildman–Crippen MR) is 55.1 cm³/mol. The van der Waals surface area contributed by atoms with Crippen molar-refractivity contribution in [1.82, 2.24) is 0 Å². The fourth-order valence-corrected chi connectivity index (χ4v) is 1.36. The molecule has 0 aromatic rings. The summed E-state index contributed by atoms with van der Waals surface area (Å²) >= 11 is 0. The van der Waals surface area contributed by atoms with Crippen molar-refractivity contribution >= 4 is 0 Å². The van der Waals surface area contributed by atoms with Gasteiger partial charge in [0.25, 0.3) is 0 Å². The third-order valence-electron chi connectivity index (χ3n) is 2.14. The van der Waals surface area contributed by atoms with Gasteiger partial charge < -0.3 is 0 Å². The summed E-state index contributed by atoms with van der Waals surface area (Å²) in [6.45, 7) is 4.00. The van der Waals surface area contributed by atoms with E-state index in [1.807, 2.05) is 0 Å². The van der Waals surface area contributed by atoms with E-state index in [-0.39, 0.29) is 0 Å². The molecular formula is C12H18. The molecule has 0 aliphatic heterocycles. The molecule has 0 fully saturated rings. The van der Waals surface area contributed by atoms with Gasteiger partial charge in [-0.05, 0) is 38.5 Å². The summed E-state index contributed by atoms with van der Waals surface area (Å²) in [5.41, 5.74) is 1.27. The summed E-state index contributed by atoms with van der Waals surface area (Å²) in [6, 6.07) is 0. The average Bonchev–Trinajstić information content (AvgIpc) is 2.11. The van der Waals surface area contributed by atoms with E-state index in [1.54, 1.807) is 0 Å². The maximum absolute atomic E-state index is 4.00. The van der Waals surface area contributed by atoms with Crippen LogP contribution >= 0.6 is 0 Å². The van der Waals surface area contributed by atoms with Gasteiger partial charge in [0.05, 0.1) is 0 Å². The zero-order valence-electron chi connectivity index (χ0n) is 7.76. The van der Waals surface area contributed by atoms with Crippen LogP contribution in [0.1, 0.15) is 38.5 Å². The zero-order chi connectivity index (χ0) is 8.65. The molecule has 0 aromatic heterocycles. The van der Waals surface area contributed by atoms with E-state index in [9.17, 15) is 0 Å². The van der Waals surface area contributed by atoms with E-state index in [1.165, 1.54) is 31.3 Å². The zero-order valence-corrected chi connectivity index (χ0v) is 7.76. The summed E-state index contributed by atoms with van der Waals surface area (Å²) in [6.07, 6.45) is 16.4. The Hall–Kier alpha value is -0.780. The summed E-state index contributed by atoms with van der Waals surface area (Å²) in [5, 5.41) is 0. The minimum Gasteiger partial charge on any atom is -0.0958 e. The predicted octanol–water partition coefficient (Wildman–Crippen LogP) is 4.01. The van der Waals surface area contributed by atoms with E-state index in [0.29, 0.717) is 0 Å². The lowest BCUT2D eigenvalue weighted by Gasteiger charge is -1.94. The highest BCUT2D eigenvalue weighted by Crippen LogP contribution is 2.10. The molecule has 0 bridgehead atoms. The molecule has 0 atom stereocenters. The van der Waals surface area contributed by atoms with E-state index < -0.39 is 0 Å². The van der Waals surface area contributed by atoms with E-state index in [0.717, 1.165) is 12.8 Å². The largest absolute Gasteiger partial charge is 0.0958 e. The van der Waals surface area contributed by atoms with Gasteiger partial charge in [-0.2, -0.15) is 0 Å². The van der Waals surface area contributed by atoms with Crippen LogP contribution < -0.4 is 0 Å². The van der Waals surface area contributed by atoms with Gasteiger partial charge in [0.1, 0.15) is 0 Å². The molecular weight excluding hydrogens is 144 g/mol. The van der Waals surface area contributed by atoms with Gasteiger partial charge >= 0.3 is 0 Å². The maximum atomic E-state index is 4.00. The minimum atomic E-state index is 1.12. The molecule has 0 amide bonds. The van der Waals surface area contributed by atoms with E-state index in [2.05, 4.69) is 30.9 Å². The van der Waals surface area contributed by atoms with Crippen molar-refractivity contribution in [2.75, 3.05) is 0 Å². The van der Waals surface area contributed by atoms with Crippen molar-refractivity contribution in [3.05, 3.63) is 36.5 Å². The average molecular weight is 162 g/mol. The van der Waals surface area contributed by atoms with Gasteiger partial charge in [-0.3, -0.25) is 0 Å². The number of allylic oxidation sites excluding steroid dienone is 5. The SMILES string of the molecule is C=C1/C=C/CCCC/C=C\CC1. The molecule has 0 saturated heterocycles. The van der Waals surface area contributed by atoms with E-state index >= 15 is 0 Å². The van der Waals surface area contributed by atoms with Gasteiger partial charge in [-0.15, -0.1) is 0 Å². The molecule has 0 heteroatoms. The number of hydrogen-bond acceptors (Lipinski definition) is 0. The first kappa shape index (κ1) is 9.31. The van der Waals surface area contributed by atoms with Crippen LogP contribution in [-0.4, -0.2) is 0 Å². The molecule has 0 saturated carbocycles. The van der Waals surface area contributed by atoms with Crippen LogP contribution in [0.2, 0.25) is 0 Å². The third-order valence-corrected chi connectivity index (χ3v) is 2.14. The molecule has 0 unspecified atom stereocenters. The van der Waals surface area contributed by atoms with Crippen molar-refractivity contribution in [3.8, 4) is 0 Å². The second-order valence-corrected chi connectivity index (χ2v) is 3.36. The van der Waals surface area contributed by atoms with Crippen molar-refractivity contribution in [3.63, 3.8) is 0 Å². The maximum Gasteiger partial charge on any atom is -0.0250 e. The molecule has 0 spiro atoms. The van der Waals surface area contributed by atoms with E-state index in [4.69, 9.17) is 0 Å². The normalized spacial score (nSPS) is 25.8. The van der Waals surface area contributed by atoms with Gasteiger partial charge in [-0.25, -0.2) is 0 Å². The quantitative estimate of drug-likeness (QED) is 0.472. The smallest absolute Gasteiger partial charge is 0.0250 e. The molecule has 0 heterocycles. The van der Waals surface area contributed by atoms with Crippen LogP contribution in [-0.2, 0) is 0 Å². The number of rotatable bonds is 0. The molecule has 0 N–H and O–H groups in total. The lowest BCUT2D eigenvalue weighted by Crippen LogP contribution is -1.74. The fourth-order valence-electron chi connectivity index (χ4n) is 1.36. The summed E-state index contributed by atoms with van der Waals surface area (Å²) < 4.78 is 0. The van der Waals surface area contributed by atoms with Crippen molar-refractivity contribution < 1.29 is 0 Å². The monoisotopic (exact) mass is 162 g/mol. The Morgan fingerprint density at radius 2 is 1.58 bits per heavy atom. The molecule has 1 aliphatic rings. The van der Waals surface area contributed by atoms with Crippen LogP contribution in [0.3, 0.4) is 0 Å². The lowest BCUT2D eigenvalue weighted by atomic mass is 10.1. The van der Waals surface area contributed by atoms with Gasteiger partial charge in [0.15, 0.2) is 0 Å². The molecule has 12 heavy (non-hydrogen) atoms. The fraction of sp³-hybridized carbons (Fsp3) is 0.500. The molecule has 66 valence electrons. The van der Waals surface area contributed by atoms with Gasteiger partial charge in [0, 0.05) is 0 Å². The second kappa shape index (κ2) is 5.82. The Morgan fingerprint density at radius 3 is 2.42 bits per heavy atom. The molecule has 1 rings (SSSR count). The number of hydrogen-bond donors (Lipinski definition) is 0. The van der Waals surface area contributed by atoms with Crippen LogP contribution in [0.4, 0.5) is 0 Å². The molecule has 0 aromatic carbocycles. The van der Waals surface area contributed by atoms with Crippen molar-refractivity contribution in [2.24, 2.45) is 0 Å². The van der Waals surface area contributed by atoms with Crippen LogP contribution in [0.15, 0.2) is 36.5 Å². The Balaban J connectivity index is 2.39. The van der Waals surface area contributed by atoms with Crippen molar-refractivity contribution in [1.29, 1.82) is 0 Å². The van der Waals surface area contributed by atoms with Crippen LogP contribution in [0, 0.1) is 0 Å². The first-order valence-electron chi connectivity index (χ1n) is 4.89. The standard InChI is InChI=1S/C12H18/c1-12-10-8-6-4-2-3-5-7-9-11-12/h4,6,9,11H,1-3,5,7-8,10H2/b6-4-,11-9+. The highest BCUT2D eigenvalue weighted by Gasteiger charge is 1.90. The van der Waals surface area contributed by atoms with Crippen LogP contribution in [0.25, 0.3) is 0 Å². The molecule has 0 radical (unpaired) electrons.